The van der Waals surface area contributed by atoms with Crippen molar-refractivity contribution in [1.82, 2.24) is 19.7 Å². The molecule has 2 aromatic carbocycles. The van der Waals surface area contributed by atoms with Crippen LogP contribution in [0.25, 0.3) is 11.2 Å². The molecule has 4 aromatic rings. The number of nitrogens with zero attached hydrogens (tertiary/aromatic N) is 4. The minimum Gasteiger partial charge on any atom is -0.454 e. The van der Waals surface area contributed by atoms with E-state index in [1.807, 2.05) is 38.2 Å². The van der Waals surface area contributed by atoms with Crippen LogP contribution in [-0.2, 0) is 11.8 Å². The largest absolute Gasteiger partial charge is 0.454 e. The van der Waals surface area contributed by atoms with Gasteiger partial charge in [0.25, 0.3) is 5.91 Å². The quantitative estimate of drug-likeness (QED) is 0.449. The van der Waals surface area contributed by atoms with Crippen LogP contribution in [-0.4, -0.2) is 31.6 Å². The number of anilines is 2. The van der Waals surface area contributed by atoms with Crippen LogP contribution < -0.4 is 10.6 Å². The molecule has 0 saturated carbocycles. The number of carbonyl (C=O) groups excluding carboxylic acids is 2. The first-order valence-electron chi connectivity index (χ1n) is 10.6. The Hall–Kier alpha value is -4.27. The van der Waals surface area contributed by atoms with E-state index in [0.29, 0.717) is 28.3 Å². The summed E-state index contributed by atoms with van der Waals surface area (Å²) in [5.41, 5.74) is 4.78. The topological polar surface area (TPSA) is 111 Å². The van der Waals surface area contributed by atoms with Gasteiger partial charge in [0.1, 0.15) is 17.4 Å². The molecule has 1 unspecified atom stereocenters. The highest BCUT2D eigenvalue weighted by atomic mass is 16.5. The predicted octanol–water partition coefficient (Wildman–Crippen LogP) is 4.02. The zero-order valence-electron chi connectivity index (χ0n) is 18.4. The van der Waals surface area contributed by atoms with Crippen molar-refractivity contribution in [2.24, 2.45) is 7.05 Å². The van der Waals surface area contributed by atoms with Crippen molar-refractivity contribution in [3.05, 3.63) is 77.1 Å². The summed E-state index contributed by atoms with van der Waals surface area (Å²) in [4.78, 5) is 33.6. The van der Waals surface area contributed by atoms with Gasteiger partial charge in [-0.1, -0.05) is 12.1 Å². The van der Waals surface area contributed by atoms with E-state index in [-0.39, 0.29) is 24.0 Å². The average molecular weight is 442 g/mol. The van der Waals surface area contributed by atoms with Crippen LogP contribution in [0, 0.1) is 0 Å². The predicted molar refractivity (Wildman–Crippen MR) is 123 cm³/mol. The molecule has 0 aliphatic carbocycles. The van der Waals surface area contributed by atoms with Gasteiger partial charge in [-0.3, -0.25) is 4.79 Å². The zero-order chi connectivity index (χ0) is 23.1. The summed E-state index contributed by atoms with van der Waals surface area (Å²) in [6.07, 6.45) is 2.99. The number of benzene rings is 2. The zero-order valence-corrected chi connectivity index (χ0v) is 18.4. The second-order valence-electron chi connectivity index (χ2n) is 8.03. The van der Waals surface area contributed by atoms with Gasteiger partial charge in [-0.05, 0) is 49.7 Å². The molecular weight excluding hydrogens is 420 g/mol. The first-order chi connectivity index (χ1) is 15.9. The smallest absolute Gasteiger partial charge is 0.339 e. The number of aryl methyl sites for hydroxylation is 1. The van der Waals surface area contributed by atoms with Crippen LogP contribution in [0.15, 0.2) is 54.9 Å². The molecule has 0 saturated heterocycles. The molecule has 9 heteroatoms. The van der Waals surface area contributed by atoms with Crippen LogP contribution in [0.5, 0.6) is 0 Å². The highest BCUT2D eigenvalue weighted by Gasteiger charge is 2.28. The second-order valence-corrected chi connectivity index (χ2v) is 8.03. The third-order valence-corrected chi connectivity index (χ3v) is 5.71. The summed E-state index contributed by atoms with van der Waals surface area (Å²) < 4.78 is 6.89. The second kappa shape index (κ2) is 8.01. The van der Waals surface area contributed by atoms with E-state index < -0.39 is 0 Å². The number of hydrogen-bond donors (Lipinski definition) is 2. The van der Waals surface area contributed by atoms with Crippen LogP contribution in [0.1, 0.15) is 57.8 Å². The van der Waals surface area contributed by atoms with Gasteiger partial charge >= 0.3 is 5.97 Å². The molecule has 5 rings (SSSR count). The van der Waals surface area contributed by atoms with Gasteiger partial charge in [-0.25, -0.2) is 19.4 Å². The van der Waals surface area contributed by atoms with Crippen molar-refractivity contribution < 1.29 is 14.3 Å². The molecule has 0 fully saturated rings. The molecule has 33 heavy (non-hydrogen) atoms. The fourth-order valence-electron chi connectivity index (χ4n) is 3.89. The number of nitrogens with one attached hydrogen (secondary N) is 2. The molecule has 1 amide bonds. The molecule has 166 valence electrons. The van der Waals surface area contributed by atoms with Crippen LogP contribution in [0.3, 0.4) is 0 Å². The number of rotatable bonds is 5. The monoisotopic (exact) mass is 442 g/mol. The summed E-state index contributed by atoms with van der Waals surface area (Å²) in [5.74, 6) is 0.0255. The van der Waals surface area contributed by atoms with Gasteiger partial charge in [-0.15, -0.1) is 0 Å². The molecule has 9 nitrogen and oxygen atoms in total. The first-order valence-corrected chi connectivity index (χ1v) is 10.6. The Bertz CT molecular complexity index is 1400. The van der Waals surface area contributed by atoms with Crippen molar-refractivity contribution >= 4 is 34.5 Å². The number of carbonyl (C=O) groups is 2. The number of hydrogen-bond acceptors (Lipinski definition) is 7. The standard InChI is InChI=1S/C24H22N6O3/c1-13(27-21-12-25-20-11-26-30(3)22(20)29-21)15-5-4-6-17(9-15)28-23(31)16-7-8-18-19(10-16)14(2)33-24(18)32/h4-14H,1-3H3,(H,27,29)(H,28,31)/t13-,14?/m0/s1. The Kier molecular flexibility index (Phi) is 5.01. The molecule has 0 bridgehead atoms. The van der Waals surface area contributed by atoms with Crippen LogP contribution in [0.4, 0.5) is 11.5 Å². The number of ether oxygens (including phenoxy) is 1. The van der Waals surface area contributed by atoms with E-state index in [9.17, 15) is 9.59 Å². The van der Waals surface area contributed by atoms with Crippen molar-refractivity contribution in [2.45, 2.75) is 26.0 Å². The summed E-state index contributed by atoms with van der Waals surface area (Å²) in [6.45, 7) is 3.80. The number of esters is 1. The average Bonchev–Trinajstić information content (AvgIpc) is 3.32. The molecule has 0 spiro atoms. The maximum atomic E-state index is 12.8. The molecular formula is C24H22N6O3. The third kappa shape index (κ3) is 3.89. The van der Waals surface area contributed by atoms with Crippen molar-refractivity contribution in [2.75, 3.05) is 10.6 Å². The molecule has 1 aliphatic heterocycles. The van der Waals surface area contributed by atoms with E-state index >= 15 is 0 Å². The molecule has 2 N–H and O–H groups in total. The van der Waals surface area contributed by atoms with Gasteiger partial charge in [0.05, 0.1) is 24.0 Å². The number of fused-ring (bicyclic) bond motifs is 2. The first kappa shape index (κ1) is 20.6. The van der Waals surface area contributed by atoms with Crippen molar-refractivity contribution in [1.29, 1.82) is 0 Å². The molecule has 0 radical (unpaired) electrons. The van der Waals surface area contributed by atoms with E-state index in [1.165, 1.54) is 0 Å². The summed E-state index contributed by atoms with van der Waals surface area (Å²) in [5, 5.41) is 10.4. The Labute approximate surface area is 189 Å². The lowest BCUT2D eigenvalue weighted by atomic mass is 10.0. The minimum absolute atomic E-state index is 0.0779. The maximum Gasteiger partial charge on any atom is 0.339 e. The Balaban J connectivity index is 1.31. The van der Waals surface area contributed by atoms with E-state index in [0.717, 1.165) is 16.6 Å². The van der Waals surface area contributed by atoms with Gasteiger partial charge in [0.2, 0.25) is 0 Å². The van der Waals surface area contributed by atoms with Gasteiger partial charge in [-0.2, -0.15) is 5.10 Å². The van der Waals surface area contributed by atoms with Crippen LogP contribution >= 0.6 is 0 Å². The summed E-state index contributed by atoms with van der Waals surface area (Å²) in [6, 6.07) is 12.5. The fraction of sp³-hybridized carbons (Fsp3) is 0.208. The summed E-state index contributed by atoms with van der Waals surface area (Å²) >= 11 is 0. The van der Waals surface area contributed by atoms with Crippen molar-refractivity contribution in [3.8, 4) is 0 Å². The Morgan fingerprint density at radius 3 is 2.88 bits per heavy atom. The van der Waals surface area contributed by atoms with E-state index in [2.05, 4.69) is 25.7 Å². The van der Waals surface area contributed by atoms with Gasteiger partial charge in [0.15, 0.2) is 5.65 Å². The van der Waals surface area contributed by atoms with Gasteiger partial charge < -0.3 is 15.4 Å². The summed E-state index contributed by atoms with van der Waals surface area (Å²) in [7, 11) is 1.82. The molecule has 2 atom stereocenters. The highest BCUT2D eigenvalue weighted by molar-refractivity contribution is 6.05. The number of cyclic esters (lactones) is 1. The fourth-order valence-corrected chi connectivity index (χ4v) is 3.89. The SMILES string of the molecule is CC1OC(=O)c2ccc(C(=O)Nc3cccc([C@H](C)Nc4cnc5cnn(C)c5n4)c3)cc21. The van der Waals surface area contributed by atoms with Gasteiger partial charge in [0, 0.05) is 23.9 Å². The third-order valence-electron chi connectivity index (χ3n) is 5.71. The normalized spacial score (nSPS) is 15.7. The Morgan fingerprint density at radius 1 is 1.18 bits per heavy atom. The maximum absolute atomic E-state index is 12.8. The van der Waals surface area contributed by atoms with E-state index in [1.54, 1.807) is 42.2 Å². The molecule has 2 aromatic heterocycles. The number of amides is 1. The van der Waals surface area contributed by atoms with Crippen molar-refractivity contribution in [3.63, 3.8) is 0 Å². The van der Waals surface area contributed by atoms with Crippen LogP contribution in [0.2, 0.25) is 0 Å². The lowest BCUT2D eigenvalue weighted by Gasteiger charge is -2.16. The highest BCUT2D eigenvalue weighted by Crippen LogP contribution is 2.31. The lowest BCUT2D eigenvalue weighted by molar-refractivity contribution is 0.0422. The molecule has 3 heterocycles. The Morgan fingerprint density at radius 2 is 2.03 bits per heavy atom. The number of aromatic nitrogens is 4. The van der Waals surface area contributed by atoms with E-state index in [4.69, 9.17) is 4.74 Å². The lowest BCUT2D eigenvalue weighted by Crippen LogP contribution is -2.14. The molecule has 1 aliphatic rings. The minimum atomic E-state index is -0.357.